The summed E-state index contributed by atoms with van der Waals surface area (Å²) in [5, 5.41) is 11.0. The van der Waals surface area contributed by atoms with E-state index in [9.17, 15) is 14.9 Å². The molecule has 0 unspecified atom stereocenters. The van der Waals surface area contributed by atoms with Gasteiger partial charge in [-0.1, -0.05) is 41.1 Å². The molecule has 1 heterocycles. The van der Waals surface area contributed by atoms with Gasteiger partial charge in [0, 0.05) is 17.5 Å². The van der Waals surface area contributed by atoms with Crippen LogP contribution < -0.4 is 0 Å². The van der Waals surface area contributed by atoms with E-state index in [1.807, 2.05) is 0 Å². The minimum absolute atomic E-state index is 0.0301. The molecule has 0 atom stereocenters. The molecule has 0 saturated carbocycles. The van der Waals surface area contributed by atoms with Crippen molar-refractivity contribution in [1.82, 2.24) is 0 Å². The number of carbonyl (C=O) groups is 1. The number of hydrogen-bond donors (Lipinski definition) is 0. The van der Waals surface area contributed by atoms with E-state index >= 15 is 0 Å². The van der Waals surface area contributed by atoms with E-state index < -0.39 is 4.92 Å². The molecule has 0 saturated heterocycles. The molecule has 2 aromatic rings. The Labute approximate surface area is 112 Å². The molecule has 1 aromatic carbocycles. The maximum Gasteiger partial charge on any atom is 0.324 e. The third kappa shape index (κ3) is 2.75. The Balaban J connectivity index is 2.17. The van der Waals surface area contributed by atoms with Crippen molar-refractivity contribution in [3.63, 3.8) is 0 Å². The van der Waals surface area contributed by atoms with Crippen molar-refractivity contribution in [3.05, 3.63) is 62.0 Å². The van der Waals surface area contributed by atoms with E-state index in [1.54, 1.807) is 24.3 Å². The Bertz CT molecular complexity index is 609. The minimum Gasteiger partial charge on any atom is -0.293 e. The number of nitro groups is 1. The predicted octanol–water partition coefficient (Wildman–Crippen LogP) is 3.74. The van der Waals surface area contributed by atoms with Crippen LogP contribution in [0, 0.1) is 10.1 Å². The Kier molecular flexibility index (Phi) is 3.74. The van der Waals surface area contributed by atoms with Crippen LogP contribution in [0.2, 0.25) is 5.02 Å². The molecule has 0 spiro atoms. The molecule has 4 nitrogen and oxygen atoms in total. The predicted molar refractivity (Wildman–Crippen MR) is 70.5 cm³/mol. The van der Waals surface area contributed by atoms with Crippen LogP contribution in [0.25, 0.3) is 0 Å². The number of nitrogens with zero attached hydrogens (tertiary/aromatic N) is 1. The molecule has 2 rings (SSSR count). The highest BCUT2D eigenvalue weighted by Crippen LogP contribution is 2.26. The number of ketones is 1. The first-order valence-corrected chi connectivity index (χ1v) is 6.28. The Morgan fingerprint density at radius 2 is 2.00 bits per heavy atom. The maximum atomic E-state index is 11.9. The van der Waals surface area contributed by atoms with Crippen LogP contribution >= 0.6 is 22.9 Å². The third-order valence-electron chi connectivity index (χ3n) is 2.36. The number of Topliss-reactive ketones (excluding diaryl/α,β-unsaturated/α-hetero) is 1. The van der Waals surface area contributed by atoms with Crippen molar-refractivity contribution < 1.29 is 9.72 Å². The van der Waals surface area contributed by atoms with Crippen molar-refractivity contribution in [2.75, 3.05) is 0 Å². The molecular weight excluding hydrogens is 274 g/mol. The van der Waals surface area contributed by atoms with Crippen molar-refractivity contribution in [1.29, 1.82) is 0 Å². The molecular formula is C12H8ClNO3S. The number of hydrogen-bond acceptors (Lipinski definition) is 4. The second kappa shape index (κ2) is 5.29. The minimum atomic E-state index is -0.503. The van der Waals surface area contributed by atoms with Crippen LogP contribution in [-0.4, -0.2) is 10.7 Å². The lowest BCUT2D eigenvalue weighted by Crippen LogP contribution is -2.01. The van der Waals surface area contributed by atoms with E-state index in [-0.39, 0.29) is 17.2 Å². The van der Waals surface area contributed by atoms with Gasteiger partial charge < -0.3 is 0 Å². The third-order valence-corrected chi connectivity index (χ3v) is 3.80. The molecule has 0 aliphatic rings. The molecule has 0 fully saturated rings. The van der Waals surface area contributed by atoms with Crippen molar-refractivity contribution in [2.24, 2.45) is 0 Å². The summed E-state index contributed by atoms with van der Waals surface area (Å²) >= 11 is 6.84. The molecule has 92 valence electrons. The highest BCUT2D eigenvalue weighted by molar-refractivity contribution is 7.17. The molecule has 0 N–H and O–H groups in total. The Morgan fingerprint density at radius 1 is 1.28 bits per heavy atom. The largest absolute Gasteiger partial charge is 0.324 e. The summed E-state index contributed by atoms with van der Waals surface area (Å²) in [4.78, 5) is 22.3. The van der Waals surface area contributed by atoms with Gasteiger partial charge in [-0.3, -0.25) is 14.9 Å². The highest BCUT2D eigenvalue weighted by atomic mass is 35.5. The molecule has 1 aromatic heterocycles. The summed E-state index contributed by atoms with van der Waals surface area (Å²) < 4.78 is 0. The molecule has 0 aliphatic carbocycles. The smallest absolute Gasteiger partial charge is 0.293 e. The zero-order valence-electron chi connectivity index (χ0n) is 9.13. The molecule has 0 amide bonds. The zero-order chi connectivity index (χ0) is 13.1. The fraction of sp³-hybridized carbons (Fsp3) is 0.0833. The van der Waals surface area contributed by atoms with E-state index in [4.69, 9.17) is 11.6 Å². The summed E-state index contributed by atoms with van der Waals surface area (Å²) in [5.41, 5.74) is 0.722. The van der Waals surface area contributed by atoms with Crippen molar-refractivity contribution in [2.45, 2.75) is 6.42 Å². The highest BCUT2D eigenvalue weighted by Gasteiger charge is 2.16. The molecule has 6 heteroatoms. The normalized spacial score (nSPS) is 10.3. The Morgan fingerprint density at radius 3 is 2.61 bits per heavy atom. The van der Waals surface area contributed by atoms with Gasteiger partial charge in [-0.05, 0) is 17.7 Å². The first-order valence-electron chi connectivity index (χ1n) is 5.09. The van der Waals surface area contributed by atoms with Gasteiger partial charge in [0.25, 0.3) is 0 Å². The first-order chi connectivity index (χ1) is 8.58. The fourth-order valence-corrected chi connectivity index (χ4v) is 2.44. The van der Waals surface area contributed by atoms with Gasteiger partial charge in [0.05, 0.1) is 9.80 Å². The van der Waals surface area contributed by atoms with Gasteiger partial charge in [0.15, 0.2) is 5.78 Å². The number of rotatable bonds is 4. The van der Waals surface area contributed by atoms with Gasteiger partial charge in [-0.25, -0.2) is 0 Å². The van der Waals surface area contributed by atoms with Crippen LogP contribution in [-0.2, 0) is 6.42 Å². The number of benzene rings is 1. The maximum absolute atomic E-state index is 11.9. The van der Waals surface area contributed by atoms with Gasteiger partial charge in [-0.15, -0.1) is 0 Å². The first kappa shape index (κ1) is 12.7. The number of halogens is 1. The van der Waals surface area contributed by atoms with Crippen LogP contribution in [0.1, 0.15) is 15.2 Å². The summed E-state index contributed by atoms with van der Waals surface area (Å²) in [6.07, 6.45) is 0.150. The van der Waals surface area contributed by atoms with Crippen LogP contribution in [0.3, 0.4) is 0 Å². The summed E-state index contributed by atoms with van der Waals surface area (Å²) in [5.74, 6) is -0.166. The summed E-state index contributed by atoms with van der Waals surface area (Å²) in [6, 6.07) is 9.87. The molecule has 0 radical (unpaired) electrons. The van der Waals surface area contributed by atoms with Gasteiger partial charge in [0.2, 0.25) is 0 Å². The average molecular weight is 282 g/mol. The van der Waals surface area contributed by atoms with E-state index in [0.29, 0.717) is 9.90 Å². The second-order valence-corrected chi connectivity index (χ2v) is 5.06. The SMILES string of the molecule is O=C(Cc1ccccc1Cl)c1ccc([N+](=O)[O-])s1. The van der Waals surface area contributed by atoms with Crippen molar-refractivity contribution >= 4 is 33.7 Å². The number of carbonyl (C=O) groups excluding carboxylic acids is 1. The standard InChI is InChI=1S/C12H8ClNO3S/c13-9-4-2-1-3-8(9)7-10(15)11-5-6-12(18-11)14(16)17/h1-6H,7H2. The van der Waals surface area contributed by atoms with E-state index in [1.165, 1.54) is 12.1 Å². The molecule has 0 aliphatic heterocycles. The topological polar surface area (TPSA) is 60.2 Å². The summed E-state index contributed by atoms with van der Waals surface area (Å²) in [6.45, 7) is 0. The monoisotopic (exact) mass is 281 g/mol. The fourth-order valence-electron chi connectivity index (χ4n) is 1.48. The summed E-state index contributed by atoms with van der Waals surface area (Å²) in [7, 11) is 0. The lowest BCUT2D eigenvalue weighted by atomic mass is 10.1. The van der Waals surface area contributed by atoms with E-state index in [0.717, 1.165) is 16.9 Å². The number of thiophene rings is 1. The molecule has 18 heavy (non-hydrogen) atoms. The lowest BCUT2D eigenvalue weighted by Gasteiger charge is -2.01. The Hall–Kier alpha value is -1.72. The van der Waals surface area contributed by atoms with Crippen LogP contribution in [0.4, 0.5) is 5.00 Å². The molecule has 0 bridgehead atoms. The average Bonchev–Trinajstić information content (AvgIpc) is 2.81. The van der Waals surface area contributed by atoms with Gasteiger partial charge >= 0.3 is 5.00 Å². The van der Waals surface area contributed by atoms with Gasteiger partial charge in [-0.2, -0.15) is 0 Å². The quantitative estimate of drug-likeness (QED) is 0.487. The zero-order valence-corrected chi connectivity index (χ0v) is 10.7. The van der Waals surface area contributed by atoms with Crippen molar-refractivity contribution in [3.8, 4) is 0 Å². The second-order valence-electron chi connectivity index (χ2n) is 3.59. The van der Waals surface area contributed by atoms with Gasteiger partial charge in [0.1, 0.15) is 0 Å². The van der Waals surface area contributed by atoms with Crippen LogP contribution in [0.5, 0.6) is 0 Å². The van der Waals surface area contributed by atoms with E-state index in [2.05, 4.69) is 0 Å². The van der Waals surface area contributed by atoms with Crippen LogP contribution in [0.15, 0.2) is 36.4 Å². The lowest BCUT2D eigenvalue weighted by molar-refractivity contribution is -0.380.